The number of carboxylic acids is 2. The zero-order valence-corrected chi connectivity index (χ0v) is 11.4. The number of hydrogen-bond donors (Lipinski definition) is 2. The maximum absolute atomic E-state index is 11.1. The molecular weight excluding hydrogens is 290 g/mol. The monoisotopic (exact) mass is 299 g/mol. The van der Waals surface area contributed by atoms with Crippen molar-refractivity contribution in [1.29, 1.82) is 0 Å². The van der Waals surface area contributed by atoms with Gasteiger partial charge in [-0.2, -0.15) is 0 Å². The van der Waals surface area contributed by atoms with Crippen LogP contribution in [-0.4, -0.2) is 27.1 Å². The summed E-state index contributed by atoms with van der Waals surface area (Å²) in [5.74, 6) is -2.50. The maximum Gasteiger partial charge on any atom is 0.354 e. The van der Waals surface area contributed by atoms with E-state index in [1.807, 2.05) is 30.3 Å². The van der Waals surface area contributed by atoms with Crippen molar-refractivity contribution in [1.82, 2.24) is 4.98 Å². The normalized spacial score (nSPS) is 10.7. The lowest BCUT2D eigenvalue weighted by molar-refractivity contribution is 0.0685. The Morgan fingerprint density at radius 1 is 0.952 bits per heavy atom. The fraction of sp³-hybridized carbons (Fsp3) is 0. The highest BCUT2D eigenvalue weighted by Gasteiger charge is 2.15. The highest BCUT2D eigenvalue weighted by Crippen LogP contribution is 2.33. The molecule has 0 aliphatic carbocycles. The standard InChI is InChI=1S/C15H9NO4S/c17-14(18)10-5-9(6-11(16-10)15(19)20)13-7-8-3-1-2-4-12(8)21-13/h1-7H,(H,17,18)(H,19,20). The van der Waals surface area contributed by atoms with Gasteiger partial charge in [0.15, 0.2) is 0 Å². The Kier molecular flexibility index (Phi) is 3.15. The molecule has 0 aliphatic rings. The molecule has 0 spiro atoms. The first kappa shape index (κ1) is 13.3. The summed E-state index contributed by atoms with van der Waals surface area (Å²) in [5, 5.41) is 19.1. The molecular formula is C15H9NO4S. The number of aromatic carboxylic acids is 2. The van der Waals surface area contributed by atoms with Gasteiger partial charge in [0.1, 0.15) is 11.4 Å². The zero-order valence-electron chi connectivity index (χ0n) is 10.6. The maximum atomic E-state index is 11.1. The number of fused-ring (bicyclic) bond motifs is 1. The molecule has 1 aromatic carbocycles. The van der Waals surface area contributed by atoms with Crippen molar-refractivity contribution in [3.8, 4) is 10.4 Å². The predicted molar refractivity (Wildman–Crippen MR) is 79.0 cm³/mol. The van der Waals surface area contributed by atoms with Crippen LogP contribution in [-0.2, 0) is 0 Å². The summed E-state index contributed by atoms with van der Waals surface area (Å²) in [6.07, 6.45) is 0. The average Bonchev–Trinajstić information content (AvgIpc) is 2.90. The van der Waals surface area contributed by atoms with Crippen LogP contribution in [0.25, 0.3) is 20.5 Å². The summed E-state index contributed by atoms with van der Waals surface area (Å²) in [6, 6.07) is 12.4. The number of aromatic nitrogens is 1. The smallest absolute Gasteiger partial charge is 0.354 e. The van der Waals surface area contributed by atoms with Crippen LogP contribution in [0.15, 0.2) is 42.5 Å². The van der Waals surface area contributed by atoms with Crippen LogP contribution in [0.1, 0.15) is 21.0 Å². The lowest BCUT2D eigenvalue weighted by Gasteiger charge is -2.02. The lowest BCUT2D eigenvalue weighted by Crippen LogP contribution is -2.07. The quantitative estimate of drug-likeness (QED) is 0.774. The largest absolute Gasteiger partial charge is 0.477 e. The molecule has 3 rings (SSSR count). The van der Waals surface area contributed by atoms with E-state index in [9.17, 15) is 9.59 Å². The number of carbonyl (C=O) groups is 2. The van der Waals surface area contributed by atoms with E-state index in [0.29, 0.717) is 5.56 Å². The molecule has 2 heterocycles. The molecule has 0 fully saturated rings. The number of hydrogen-bond acceptors (Lipinski definition) is 4. The van der Waals surface area contributed by atoms with Crippen molar-refractivity contribution >= 4 is 33.4 Å². The van der Waals surface area contributed by atoms with Crippen LogP contribution in [0.3, 0.4) is 0 Å². The van der Waals surface area contributed by atoms with Crippen molar-refractivity contribution in [2.45, 2.75) is 0 Å². The van der Waals surface area contributed by atoms with Gasteiger partial charge in [0, 0.05) is 9.58 Å². The van der Waals surface area contributed by atoms with Crippen LogP contribution in [0.4, 0.5) is 0 Å². The van der Waals surface area contributed by atoms with Gasteiger partial charge in [0.05, 0.1) is 0 Å². The van der Waals surface area contributed by atoms with E-state index in [1.165, 1.54) is 23.5 Å². The average molecular weight is 299 g/mol. The highest BCUT2D eigenvalue weighted by atomic mass is 32.1. The number of carboxylic acid groups (broad SMARTS) is 2. The van der Waals surface area contributed by atoms with Crippen LogP contribution in [0, 0.1) is 0 Å². The zero-order chi connectivity index (χ0) is 15.0. The van der Waals surface area contributed by atoms with E-state index in [-0.39, 0.29) is 11.4 Å². The van der Waals surface area contributed by atoms with E-state index in [1.54, 1.807) is 0 Å². The fourth-order valence-electron chi connectivity index (χ4n) is 2.02. The minimum atomic E-state index is -1.25. The predicted octanol–water partition coefficient (Wildman–Crippen LogP) is 3.36. The molecule has 104 valence electrons. The molecule has 5 nitrogen and oxygen atoms in total. The Morgan fingerprint density at radius 3 is 2.14 bits per heavy atom. The molecule has 0 aliphatic heterocycles. The van der Waals surface area contributed by atoms with Crippen molar-refractivity contribution in [2.24, 2.45) is 0 Å². The van der Waals surface area contributed by atoms with Gasteiger partial charge in [-0.1, -0.05) is 18.2 Å². The van der Waals surface area contributed by atoms with Gasteiger partial charge in [-0.25, -0.2) is 14.6 Å². The van der Waals surface area contributed by atoms with E-state index in [0.717, 1.165) is 15.0 Å². The second kappa shape index (κ2) is 4.99. The van der Waals surface area contributed by atoms with Gasteiger partial charge >= 0.3 is 11.9 Å². The van der Waals surface area contributed by atoms with Gasteiger partial charge in [0.2, 0.25) is 0 Å². The molecule has 0 bridgehead atoms. The Hall–Kier alpha value is -2.73. The Balaban J connectivity index is 2.20. The topological polar surface area (TPSA) is 87.5 Å². The number of thiophene rings is 1. The first-order valence-electron chi connectivity index (χ1n) is 6.02. The summed E-state index contributed by atoms with van der Waals surface area (Å²) >= 11 is 1.48. The second-order valence-electron chi connectivity index (χ2n) is 4.39. The summed E-state index contributed by atoms with van der Waals surface area (Å²) in [4.78, 5) is 26.6. The van der Waals surface area contributed by atoms with Gasteiger partial charge in [-0.3, -0.25) is 0 Å². The second-order valence-corrected chi connectivity index (χ2v) is 5.47. The summed E-state index contributed by atoms with van der Waals surface area (Å²) in [7, 11) is 0. The van der Waals surface area contributed by atoms with Crippen molar-refractivity contribution in [2.75, 3.05) is 0 Å². The van der Waals surface area contributed by atoms with Crippen LogP contribution in [0.5, 0.6) is 0 Å². The van der Waals surface area contributed by atoms with Crippen LogP contribution >= 0.6 is 11.3 Å². The highest BCUT2D eigenvalue weighted by molar-refractivity contribution is 7.22. The van der Waals surface area contributed by atoms with E-state index >= 15 is 0 Å². The Labute approximate surface area is 123 Å². The van der Waals surface area contributed by atoms with Crippen molar-refractivity contribution in [3.05, 3.63) is 53.9 Å². The molecule has 0 unspecified atom stereocenters. The summed E-state index contributed by atoms with van der Waals surface area (Å²) in [6.45, 7) is 0. The van der Waals surface area contributed by atoms with E-state index < -0.39 is 11.9 Å². The van der Waals surface area contributed by atoms with Crippen molar-refractivity contribution < 1.29 is 19.8 Å². The van der Waals surface area contributed by atoms with Crippen molar-refractivity contribution in [3.63, 3.8) is 0 Å². The molecule has 2 aromatic heterocycles. The SMILES string of the molecule is O=C(O)c1cc(-c2cc3ccccc3s2)cc(C(=O)O)n1. The molecule has 0 atom stereocenters. The number of rotatable bonds is 3. The summed E-state index contributed by atoms with van der Waals surface area (Å²) < 4.78 is 1.05. The molecule has 2 N–H and O–H groups in total. The Bertz CT molecular complexity index is 804. The fourth-order valence-corrected chi connectivity index (χ4v) is 3.07. The third kappa shape index (κ3) is 2.48. The number of pyridine rings is 1. The van der Waals surface area contributed by atoms with Crippen LogP contribution in [0.2, 0.25) is 0 Å². The number of nitrogens with zero attached hydrogens (tertiary/aromatic N) is 1. The third-order valence-electron chi connectivity index (χ3n) is 2.97. The molecule has 6 heteroatoms. The molecule has 3 aromatic rings. The number of benzene rings is 1. The van der Waals surface area contributed by atoms with Gasteiger partial charge in [0.25, 0.3) is 0 Å². The summed E-state index contributed by atoms with van der Waals surface area (Å²) in [5.41, 5.74) is -0.00860. The molecule has 0 saturated heterocycles. The first-order valence-corrected chi connectivity index (χ1v) is 6.84. The van der Waals surface area contributed by atoms with Gasteiger partial charge in [-0.15, -0.1) is 11.3 Å². The first-order chi connectivity index (χ1) is 10.0. The lowest BCUT2D eigenvalue weighted by atomic mass is 10.1. The minimum absolute atomic E-state index is 0.276. The van der Waals surface area contributed by atoms with Gasteiger partial charge < -0.3 is 10.2 Å². The molecule has 0 amide bonds. The van der Waals surface area contributed by atoms with Crippen LogP contribution < -0.4 is 0 Å². The minimum Gasteiger partial charge on any atom is -0.477 e. The molecule has 0 saturated carbocycles. The van der Waals surface area contributed by atoms with E-state index in [2.05, 4.69) is 4.98 Å². The Morgan fingerprint density at radius 2 is 1.57 bits per heavy atom. The van der Waals surface area contributed by atoms with E-state index in [4.69, 9.17) is 10.2 Å². The van der Waals surface area contributed by atoms with Gasteiger partial charge in [-0.05, 0) is 35.2 Å². The molecule has 21 heavy (non-hydrogen) atoms. The third-order valence-corrected chi connectivity index (χ3v) is 4.14. The molecule has 0 radical (unpaired) electrons.